The fourth-order valence-corrected chi connectivity index (χ4v) is 3.85. The Morgan fingerprint density at radius 3 is 2.55 bits per heavy atom. The topological polar surface area (TPSA) is 69.1 Å². The molecule has 2 aromatic rings. The van der Waals surface area contributed by atoms with E-state index in [1.165, 1.54) is 11.3 Å². The summed E-state index contributed by atoms with van der Waals surface area (Å²) in [6.45, 7) is 3.64. The number of rotatable bonds is 9. The normalized spacial score (nSPS) is 13.6. The summed E-state index contributed by atoms with van der Waals surface area (Å²) in [7, 11) is 5.73. The van der Waals surface area contributed by atoms with Gasteiger partial charge in [-0.1, -0.05) is 29.8 Å². The Morgan fingerprint density at radius 2 is 1.97 bits per heavy atom. The predicted molar refractivity (Wildman–Crippen MR) is 133 cm³/mol. The van der Waals surface area contributed by atoms with E-state index in [4.69, 9.17) is 21.3 Å². The lowest BCUT2D eigenvalue weighted by Crippen LogP contribution is -2.40. The van der Waals surface area contributed by atoms with E-state index in [0.29, 0.717) is 23.4 Å². The third-order valence-electron chi connectivity index (χ3n) is 4.27. The fraction of sp³-hybridized carbons (Fsp3) is 0.450. The van der Waals surface area contributed by atoms with Gasteiger partial charge in [0.15, 0.2) is 5.96 Å². The predicted octanol–water partition coefficient (Wildman–Crippen LogP) is 3.92. The molecule has 0 aliphatic heterocycles. The second-order valence-corrected chi connectivity index (χ2v) is 8.23. The average molecular weight is 553 g/mol. The summed E-state index contributed by atoms with van der Waals surface area (Å²) in [6, 6.07) is 11.7. The van der Waals surface area contributed by atoms with Gasteiger partial charge in [-0.15, -0.1) is 35.3 Å². The summed E-state index contributed by atoms with van der Waals surface area (Å²) in [5.41, 5.74) is 1.09. The molecule has 0 aliphatic carbocycles. The van der Waals surface area contributed by atoms with Crippen LogP contribution >= 0.6 is 46.9 Å². The maximum absolute atomic E-state index is 10.3. The maximum Gasteiger partial charge on any atom is 0.191 e. The molecule has 0 spiro atoms. The standard InChI is InChI=1S/C20H29ClN4O2S.HI/c1-5-22-20(24-13-16(26)18-10-11-19(21)28-18)23-12-15(25(2)3)14-8-6-7-9-17(14)27-4;/h6-11,15-16,26H,5,12-13H2,1-4H3,(H2,22,23,24);1H. The Bertz CT molecular complexity index is 772. The van der Waals surface area contributed by atoms with E-state index in [1.807, 2.05) is 45.3 Å². The number of hydrogen-bond acceptors (Lipinski definition) is 5. The number of aliphatic hydroxyl groups excluding tert-OH is 1. The zero-order valence-electron chi connectivity index (χ0n) is 17.2. The average Bonchev–Trinajstić information content (AvgIpc) is 3.12. The van der Waals surface area contributed by atoms with E-state index in [0.717, 1.165) is 22.7 Å². The van der Waals surface area contributed by atoms with Crippen LogP contribution in [0.5, 0.6) is 5.75 Å². The van der Waals surface area contributed by atoms with Gasteiger partial charge in [0.2, 0.25) is 0 Å². The van der Waals surface area contributed by atoms with Crippen LogP contribution in [-0.2, 0) is 0 Å². The molecule has 162 valence electrons. The molecule has 3 N–H and O–H groups in total. The van der Waals surface area contributed by atoms with Crippen LogP contribution in [0.25, 0.3) is 0 Å². The summed E-state index contributed by atoms with van der Waals surface area (Å²) < 4.78 is 6.18. The zero-order chi connectivity index (χ0) is 20.5. The molecular weight excluding hydrogens is 523 g/mol. The van der Waals surface area contributed by atoms with Gasteiger partial charge in [0, 0.05) is 23.5 Å². The molecule has 0 aliphatic rings. The van der Waals surface area contributed by atoms with E-state index in [1.54, 1.807) is 13.2 Å². The van der Waals surface area contributed by atoms with Crippen molar-refractivity contribution >= 4 is 52.9 Å². The first-order valence-corrected chi connectivity index (χ1v) is 10.4. The first-order valence-electron chi connectivity index (χ1n) is 9.21. The van der Waals surface area contributed by atoms with E-state index in [-0.39, 0.29) is 30.0 Å². The summed E-state index contributed by atoms with van der Waals surface area (Å²) in [6.07, 6.45) is -0.639. The number of para-hydroxylation sites is 1. The third kappa shape index (κ3) is 7.93. The largest absolute Gasteiger partial charge is 0.496 e. The summed E-state index contributed by atoms with van der Waals surface area (Å²) in [4.78, 5) is 7.67. The van der Waals surface area contributed by atoms with Gasteiger partial charge < -0.3 is 25.4 Å². The van der Waals surface area contributed by atoms with Gasteiger partial charge in [-0.25, -0.2) is 0 Å². The van der Waals surface area contributed by atoms with Crippen molar-refractivity contribution in [3.05, 3.63) is 51.2 Å². The number of guanidine groups is 1. The molecule has 0 saturated heterocycles. The number of thiophene rings is 1. The molecule has 2 atom stereocenters. The Labute approximate surface area is 199 Å². The Morgan fingerprint density at radius 1 is 1.24 bits per heavy atom. The highest BCUT2D eigenvalue weighted by Crippen LogP contribution is 2.28. The highest BCUT2D eigenvalue weighted by molar-refractivity contribution is 14.0. The minimum atomic E-state index is -0.639. The van der Waals surface area contributed by atoms with Crippen LogP contribution in [-0.4, -0.2) is 56.8 Å². The number of ether oxygens (including phenoxy) is 1. The molecule has 2 rings (SSSR count). The number of nitrogens with zero attached hydrogens (tertiary/aromatic N) is 2. The molecule has 1 aromatic carbocycles. The first kappa shape index (κ1) is 26.0. The van der Waals surface area contributed by atoms with Crippen molar-refractivity contribution in [2.24, 2.45) is 4.99 Å². The van der Waals surface area contributed by atoms with Crippen molar-refractivity contribution in [3.8, 4) is 5.75 Å². The van der Waals surface area contributed by atoms with Crippen molar-refractivity contribution in [1.29, 1.82) is 0 Å². The van der Waals surface area contributed by atoms with Gasteiger partial charge in [0.1, 0.15) is 11.9 Å². The highest BCUT2D eigenvalue weighted by Gasteiger charge is 2.18. The molecule has 9 heteroatoms. The smallest absolute Gasteiger partial charge is 0.191 e. The van der Waals surface area contributed by atoms with E-state index in [9.17, 15) is 5.11 Å². The molecular formula is C20H30ClIN4O2S. The lowest BCUT2D eigenvalue weighted by atomic mass is 10.0. The number of benzene rings is 1. The zero-order valence-corrected chi connectivity index (χ0v) is 21.1. The molecule has 0 radical (unpaired) electrons. The number of hydrogen-bond donors (Lipinski definition) is 3. The number of nitrogens with one attached hydrogen (secondary N) is 2. The van der Waals surface area contributed by atoms with Gasteiger partial charge in [-0.2, -0.15) is 0 Å². The van der Waals surface area contributed by atoms with Crippen LogP contribution in [0, 0.1) is 0 Å². The minimum absolute atomic E-state index is 0. The third-order valence-corrected chi connectivity index (χ3v) is 5.61. The van der Waals surface area contributed by atoms with Crippen LogP contribution in [0.4, 0.5) is 0 Å². The van der Waals surface area contributed by atoms with Gasteiger partial charge in [0.25, 0.3) is 0 Å². The van der Waals surface area contributed by atoms with E-state index in [2.05, 4.69) is 21.6 Å². The van der Waals surface area contributed by atoms with Crippen LogP contribution < -0.4 is 15.4 Å². The van der Waals surface area contributed by atoms with E-state index < -0.39 is 6.10 Å². The van der Waals surface area contributed by atoms with Gasteiger partial charge >= 0.3 is 0 Å². The molecule has 0 amide bonds. The molecule has 6 nitrogen and oxygen atoms in total. The second-order valence-electron chi connectivity index (χ2n) is 6.48. The molecule has 0 bridgehead atoms. The summed E-state index contributed by atoms with van der Waals surface area (Å²) in [5, 5.41) is 16.8. The van der Waals surface area contributed by atoms with Crippen LogP contribution in [0.3, 0.4) is 0 Å². The summed E-state index contributed by atoms with van der Waals surface area (Å²) >= 11 is 7.33. The van der Waals surface area contributed by atoms with Gasteiger partial charge in [-0.3, -0.25) is 4.99 Å². The Kier molecular flexibility index (Phi) is 11.9. The van der Waals surface area contributed by atoms with Crippen molar-refractivity contribution in [3.63, 3.8) is 0 Å². The van der Waals surface area contributed by atoms with Crippen LogP contribution in [0.2, 0.25) is 4.34 Å². The molecule has 0 fully saturated rings. The van der Waals surface area contributed by atoms with Crippen molar-refractivity contribution in [2.45, 2.75) is 19.1 Å². The summed E-state index contributed by atoms with van der Waals surface area (Å²) in [5.74, 6) is 1.50. The lowest BCUT2D eigenvalue weighted by Gasteiger charge is -2.25. The number of methoxy groups -OCH3 is 1. The van der Waals surface area contributed by atoms with Crippen LogP contribution in [0.1, 0.15) is 29.5 Å². The van der Waals surface area contributed by atoms with Crippen molar-refractivity contribution in [2.75, 3.05) is 40.8 Å². The number of aliphatic hydroxyl groups is 1. The van der Waals surface area contributed by atoms with Gasteiger partial charge in [0.05, 0.1) is 24.0 Å². The fourth-order valence-electron chi connectivity index (χ4n) is 2.80. The van der Waals surface area contributed by atoms with Crippen LogP contribution in [0.15, 0.2) is 41.4 Å². The first-order chi connectivity index (χ1) is 13.5. The Balaban J connectivity index is 0.00000420. The quantitative estimate of drug-likeness (QED) is 0.250. The lowest BCUT2D eigenvalue weighted by molar-refractivity contribution is 0.184. The van der Waals surface area contributed by atoms with Crippen molar-refractivity contribution < 1.29 is 9.84 Å². The molecule has 1 aromatic heterocycles. The SMILES string of the molecule is CCNC(=NCC(c1ccccc1OC)N(C)C)NCC(O)c1ccc(Cl)s1.I. The highest BCUT2D eigenvalue weighted by atomic mass is 127. The van der Waals surface area contributed by atoms with Gasteiger partial charge in [-0.05, 0) is 39.2 Å². The minimum Gasteiger partial charge on any atom is -0.496 e. The second kappa shape index (κ2) is 13.3. The molecule has 0 saturated carbocycles. The Hall–Kier alpha value is -1.07. The number of aliphatic imine (C=N–C) groups is 1. The maximum atomic E-state index is 10.3. The number of likely N-dealkylation sites (N-methyl/N-ethyl adjacent to an activating group) is 1. The number of halogens is 2. The monoisotopic (exact) mass is 552 g/mol. The molecule has 1 heterocycles. The molecule has 2 unspecified atom stereocenters. The molecule has 29 heavy (non-hydrogen) atoms. The van der Waals surface area contributed by atoms with Crippen molar-refractivity contribution in [1.82, 2.24) is 15.5 Å². The van der Waals surface area contributed by atoms with E-state index >= 15 is 0 Å².